The number of carbonyl (C=O) groups is 1. The number of aromatic nitrogens is 1. The molecule has 0 radical (unpaired) electrons. The number of nitrogens with two attached hydrogens (primary N) is 1. The van der Waals surface area contributed by atoms with Gasteiger partial charge in [0.1, 0.15) is 15.5 Å². The summed E-state index contributed by atoms with van der Waals surface area (Å²) in [4.78, 5) is 18.6. The number of methoxy groups -OCH3 is 3. The number of amides is 1. The van der Waals surface area contributed by atoms with Gasteiger partial charge in [0.15, 0.2) is 11.5 Å². The summed E-state index contributed by atoms with van der Waals surface area (Å²) in [5.74, 6) is 1.87. The van der Waals surface area contributed by atoms with Crippen LogP contribution in [0, 0.1) is 0 Å². The summed E-state index contributed by atoms with van der Waals surface area (Å²) in [6.45, 7) is 0.467. The van der Waals surface area contributed by atoms with E-state index in [2.05, 4.69) is 10.3 Å². The van der Waals surface area contributed by atoms with Gasteiger partial charge in [0, 0.05) is 17.3 Å². The van der Waals surface area contributed by atoms with Crippen molar-refractivity contribution in [3.63, 3.8) is 0 Å². The lowest BCUT2D eigenvalue weighted by Crippen LogP contribution is -2.25. The molecule has 0 aliphatic heterocycles. The standard InChI is InChI=1S/C23H23N3O4S/c1-28-15-5-6-17-14(11-15)12-16-20(24)21(31-23(16)26-17)22(27)25-9-8-13-4-7-18(29-2)19(10-13)30-3/h4-7,10-12H,8-9,24H2,1-3H3,(H,25,27). The number of hydrogen-bond acceptors (Lipinski definition) is 7. The van der Waals surface area contributed by atoms with E-state index in [1.165, 1.54) is 11.3 Å². The first kappa shape index (κ1) is 20.7. The molecule has 0 atom stereocenters. The quantitative estimate of drug-likeness (QED) is 0.453. The Labute approximate surface area is 183 Å². The van der Waals surface area contributed by atoms with E-state index in [1.54, 1.807) is 21.3 Å². The van der Waals surface area contributed by atoms with Crippen LogP contribution < -0.4 is 25.3 Å². The Morgan fingerprint density at radius 1 is 1.03 bits per heavy atom. The van der Waals surface area contributed by atoms with Crippen LogP contribution in [0.25, 0.3) is 21.1 Å². The SMILES string of the molecule is COc1ccc2nc3sc(C(=O)NCCc4ccc(OC)c(OC)c4)c(N)c3cc2c1. The van der Waals surface area contributed by atoms with Gasteiger partial charge in [-0.3, -0.25) is 4.79 Å². The van der Waals surface area contributed by atoms with Crippen LogP contribution in [0.3, 0.4) is 0 Å². The van der Waals surface area contributed by atoms with E-state index in [-0.39, 0.29) is 5.91 Å². The molecule has 2 aromatic carbocycles. The second kappa shape index (κ2) is 8.69. The zero-order valence-corrected chi connectivity index (χ0v) is 18.3. The maximum atomic E-state index is 12.8. The number of hydrogen-bond donors (Lipinski definition) is 2. The van der Waals surface area contributed by atoms with Crippen LogP contribution >= 0.6 is 11.3 Å². The lowest BCUT2D eigenvalue weighted by Gasteiger charge is -2.10. The lowest BCUT2D eigenvalue weighted by molar-refractivity contribution is 0.0959. The van der Waals surface area contributed by atoms with Crippen molar-refractivity contribution in [3.05, 3.63) is 52.9 Å². The fourth-order valence-electron chi connectivity index (χ4n) is 3.41. The molecular formula is C23H23N3O4S. The van der Waals surface area contributed by atoms with E-state index in [0.717, 1.165) is 32.4 Å². The molecule has 0 fully saturated rings. The third-order valence-corrected chi connectivity index (χ3v) is 6.19. The minimum atomic E-state index is -0.206. The molecule has 31 heavy (non-hydrogen) atoms. The van der Waals surface area contributed by atoms with E-state index in [0.29, 0.717) is 35.0 Å². The normalized spacial score (nSPS) is 10.9. The summed E-state index contributed by atoms with van der Waals surface area (Å²) in [6, 6.07) is 13.3. The highest BCUT2D eigenvalue weighted by Crippen LogP contribution is 2.35. The summed E-state index contributed by atoms with van der Waals surface area (Å²) in [7, 11) is 4.82. The highest BCUT2D eigenvalue weighted by Gasteiger charge is 2.18. The maximum Gasteiger partial charge on any atom is 0.263 e. The third kappa shape index (κ3) is 4.06. The lowest BCUT2D eigenvalue weighted by atomic mass is 10.1. The van der Waals surface area contributed by atoms with Crippen molar-refractivity contribution in [1.82, 2.24) is 10.3 Å². The molecule has 2 aromatic heterocycles. The van der Waals surface area contributed by atoms with Gasteiger partial charge < -0.3 is 25.3 Å². The van der Waals surface area contributed by atoms with Gasteiger partial charge in [-0.05, 0) is 48.4 Å². The van der Waals surface area contributed by atoms with Gasteiger partial charge in [-0.1, -0.05) is 6.07 Å². The first-order valence-corrected chi connectivity index (χ1v) is 10.5. The van der Waals surface area contributed by atoms with Gasteiger partial charge in [0.25, 0.3) is 5.91 Å². The summed E-state index contributed by atoms with van der Waals surface area (Å²) in [5, 5.41) is 4.63. The molecule has 0 unspecified atom stereocenters. The second-order valence-electron chi connectivity index (χ2n) is 6.94. The molecule has 0 saturated carbocycles. The van der Waals surface area contributed by atoms with Crippen molar-refractivity contribution in [2.45, 2.75) is 6.42 Å². The molecule has 7 nitrogen and oxygen atoms in total. The van der Waals surface area contributed by atoms with Crippen LogP contribution in [0.2, 0.25) is 0 Å². The van der Waals surface area contributed by atoms with Crippen LogP contribution in [0.1, 0.15) is 15.2 Å². The van der Waals surface area contributed by atoms with E-state index in [1.807, 2.05) is 42.5 Å². The summed E-state index contributed by atoms with van der Waals surface area (Å²) >= 11 is 1.30. The maximum absolute atomic E-state index is 12.8. The highest BCUT2D eigenvalue weighted by atomic mass is 32.1. The number of anilines is 1. The molecule has 1 amide bonds. The third-order valence-electron chi connectivity index (χ3n) is 5.07. The fourth-order valence-corrected chi connectivity index (χ4v) is 4.41. The molecule has 0 aliphatic rings. The molecular weight excluding hydrogens is 414 g/mol. The van der Waals surface area contributed by atoms with Crippen LogP contribution in [0.5, 0.6) is 17.2 Å². The minimum absolute atomic E-state index is 0.206. The van der Waals surface area contributed by atoms with Crippen molar-refractivity contribution in [1.29, 1.82) is 0 Å². The number of rotatable bonds is 7. The summed E-state index contributed by atoms with van der Waals surface area (Å²) in [6.07, 6.45) is 0.652. The Bertz CT molecular complexity index is 1270. The fraction of sp³-hybridized carbons (Fsp3) is 0.217. The Hall–Kier alpha value is -3.52. The predicted octanol–water partition coefficient (Wildman–Crippen LogP) is 4.03. The largest absolute Gasteiger partial charge is 0.497 e. The van der Waals surface area contributed by atoms with Crippen molar-refractivity contribution in [3.8, 4) is 17.2 Å². The average Bonchev–Trinajstić information content (AvgIpc) is 3.12. The number of nitrogen functional groups attached to an aromatic ring is 1. The molecule has 4 rings (SSSR count). The number of ether oxygens (including phenoxy) is 3. The van der Waals surface area contributed by atoms with Crippen LogP contribution in [-0.4, -0.2) is 38.8 Å². The van der Waals surface area contributed by atoms with Crippen molar-refractivity contribution in [2.24, 2.45) is 0 Å². The van der Waals surface area contributed by atoms with Gasteiger partial charge >= 0.3 is 0 Å². The average molecular weight is 438 g/mol. The number of nitrogens with one attached hydrogen (secondary N) is 1. The molecule has 4 aromatic rings. The van der Waals surface area contributed by atoms with Gasteiger partial charge in [0.2, 0.25) is 0 Å². The van der Waals surface area contributed by atoms with Gasteiger partial charge in [-0.15, -0.1) is 11.3 Å². The number of nitrogens with zero attached hydrogens (tertiary/aromatic N) is 1. The number of benzene rings is 2. The molecule has 0 saturated heterocycles. The predicted molar refractivity (Wildman–Crippen MR) is 124 cm³/mol. The topological polar surface area (TPSA) is 95.7 Å². The van der Waals surface area contributed by atoms with Crippen LogP contribution in [0.4, 0.5) is 5.69 Å². The summed E-state index contributed by atoms with van der Waals surface area (Å²) < 4.78 is 15.9. The molecule has 0 aliphatic carbocycles. The first-order valence-electron chi connectivity index (χ1n) is 9.70. The van der Waals surface area contributed by atoms with E-state index >= 15 is 0 Å². The molecule has 0 spiro atoms. The zero-order chi connectivity index (χ0) is 22.0. The van der Waals surface area contributed by atoms with Crippen molar-refractivity contribution >= 4 is 44.1 Å². The second-order valence-corrected chi connectivity index (χ2v) is 7.94. The molecule has 8 heteroatoms. The van der Waals surface area contributed by atoms with Gasteiger partial charge in [0.05, 0.1) is 32.5 Å². The number of carbonyl (C=O) groups excluding carboxylic acids is 1. The summed E-state index contributed by atoms with van der Waals surface area (Å²) in [5.41, 5.74) is 8.61. The van der Waals surface area contributed by atoms with E-state index in [4.69, 9.17) is 19.9 Å². The minimum Gasteiger partial charge on any atom is -0.497 e. The number of pyridine rings is 1. The molecule has 160 valence electrons. The monoisotopic (exact) mass is 437 g/mol. The van der Waals surface area contributed by atoms with Gasteiger partial charge in [-0.25, -0.2) is 4.98 Å². The first-order chi connectivity index (χ1) is 15.0. The zero-order valence-electron chi connectivity index (χ0n) is 17.5. The number of thiophene rings is 1. The number of fused-ring (bicyclic) bond motifs is 2. The van der Waals surface area contributed by atoms with E-state index in [9.17, 15) is 4.79 Å². The van der Waals surface area contributed by atoms with Crippen LogP contribution in [0.15, 0.2) is 42.5 Å². The molecule has 3 N–H and O–H groups in total. The highest BCUT2D eigenvalue weighted by molar-refractivity contribution is 7.21. The van der Waals surface area contributed by atoms with Crippen molar-refractivity contribution < 1.29 is 19.0 Å². The van der Waals surface area contributed by atoms with Crippen molar-refractivity contribution in [2.75, 3.05) is 33.6 Å². The molecule has 0 bridgehead atoms. The Kier molecular flexibility index (Phi) is 5.81. The Balaban J connectivity index is 1.51. The van der Waals surface area contributed by atoms with Crippen LogP contribution in [-0.2, 0) is 6.42 Å². The Morgan fingerprint density at radius 3 is 2.58 bits per heavy atom. The molecule has 2 heterocycles. The Morgan fingerprint density at radius 2 is 1.84 bits per heavy atom. The van der Waals surface area contributed by atoms with E-state index < -0.39 is 0 Å². The van der Waals surface area contributed by atoms with Gasteiger partial charge in [-0.2, -0.15) is 0 Å². The smallest absolute Gasteiger partial charge is 0.263 e.